The number of rotatable bonds is 5. The van der Waals surface area contributed by atoms with Crippen molar-refractivity contribution in [3.63, 3.8) is 0 Å². The first kappa shape index (κ1) is 17.9. The molecule has 1 amide bonds. The van der Waals surface area contributed by atoms with Gasteiger partial charge in [-0.15, -0.1) is 0 Å². The van der Waals surface area contributed by atoms with Gasteiger partial charge in [-0.3, -0.25) is 9.78 Å². The molecule has 1 aliphatic heterocycles. The predicted molar refractivity (Wildman–Crippen MR) is 105 cm³/mol. The van der Waals surface area contributed by atoms with Gasteiger partial charge in [0.05, 0.1) is 12.2 Å². The molecule has 0 N–H and O–H groups in total. The van der Waals surface area contributed by atoms with E-state index in [1.807, 2.05) is 36.0 Å². The van der Waals surface area contributed by atoms with Crippen LogP contribution in [0, 0.1) is 11.8 Å². The lowest BCUT2D eigenvalue weighted by atomic mass is 10.0. The van der Waals surface area contributed by atoms with Crippen LogP contribution in [-0.2, 0) is 17.8 Å². The molecule has 0 aromatic carbocycles. The van der Waals surface area contributed by atoms with Crippen LogP contribution in [-0.4, -0.2) is 46.4 Å². The Kier molecular flexibility index (Phi) is 4.81. The largest absolute Gasteiger partial charge is 0.362 e. The Morgan fingerprint density at radius 1 is 1.26 bits per heavy atom. The van der Waals surface area contributed by atoms with Gasteiger partial charge in [0.1, 0.15) is 5.82 Å². The number of nitrogens with zero attached hydrogens (tertiary/aromatic N) is 5. The van der Waals surface area contributed by atoms with Crippen LogP contribution in [0.15, 0.2) is 24.5 Å². The molecule has 0 radical (unpaired) electrons. The number of pyridine rings is 1. The second-order valence-electron chi connectivity index (χ2n) is 7.83. The molecule has 4 rings (SSSR count). The first-order valence-corrected chi connectivity index (χ1v) is 9.84. The van der Waals surface area contributed by atoms with E-state index < -0.39 is 0 Å². The Balaban J connectivity index is 1.62. The molecule has 0 saturated heterocycles. The maximum absolute atomic E-state index is 12.9. The Morgan fingerprint density at radius 2 is 2.04 bits per heavy atom. The van der Waals surface area contributed by atoms with Crippen molar-refractivity contribution in [1.82, 2.24) is 19.9 Å². The van der Waals surface area contributed by atoms with Crippen molar-refractivity contribution in [3.8, 4) is 11.4 Å². The lowest BCUT2D eigenvalue weighted by Crippen LogP contribution is -2.38. The van der Waals surface area contributed by atoms with Gasteiger partial charge in [0.25, 0.3) is 0 Å². The third kappa shape index (κ3) is 3.53. The molecule has 142 valence electrons. The van der Waals surface area contributed by atoms with Gasteiger partial charge in [-0.25, -0.2) is 9.97 Å². The van der Waals surface area contributed by atoms with E-state index in [9.17, 15) is 4.79 Å². The van der Waals surface area contributed by atoms with Gasteiger partial charge < -0.3 is 9.80 Å². The summed E-state index contributed by atoms with van der Waals surface area (Å²) in [6.07, 6.45) is 7.71. The summed E-state index contributed by atoms with van der Waals surface area (Å²) in [4.78, 5) is 30.6. The molecule has 0 unspecified atom stereocenters. The van der Waals surface area contributed by atoms with E-state index in [0.29, 0.717) is 24.2 Å². The Hall–Kier alpha value is -2.50. The maximum atomic E-state index is 12.9. The van der Waals surface area contributed by atoms with Gasteiger partial charge in [-0.2, -0.15) is 0 Å². The highest BCUT2D eigenvalue weighted by molar-refractivity contribution is 5.82. The molecule has 1 fully saturated rings. The number of amides is 1. The highest BCUT2D eigenvalue weighted by atomic mass is 16.2. The van der Waals surface area contributed by atoms with E-state index >= 15 is 0 Å². The summed E-state index contributed by atoms with van der Waals surface area (Å²) in [6.45, 7) is 3.54. The number of fused-ring (bicyclic) bond motifs is 1. The zero-order valence-corrected chi connectivity index (χ0v) is 16.4. The predicted octanol–water partition coefficient (Wildman–Crippen LogP) is 2.93. The Bertz CT molecular complexity index is 836. The van der Waals surface area contributed by atoms with E-state index in [1.54, 1.807) is 12.4 Å². The molecule has 27 heavy (non-hydrogen) atoms. The molecular formula is C21H27N5O. The van der Waals surface area contributed by atoms with Crippen LogP contribution in [0.2, 0.25) is 0 Å². The smallest absolute Gasteiger partial charge is 0.226 e. The van der Waals surface area contributed by atoms with Crippen molar-refractivity contribution in [2.24, 2.45) is 11.8 Å². The topological polar surface area (TPSA) is 62.2 Å². The molecule has 2 aromatic heterocycles. The minimum atomic E-state index is 0.237. The van der Waals surface area contributed by atoms with E-state index in [2.05, 4.69) is 11.9 Å². The van der Waals surface area contributed by atoms with E-state index in [0.717, 1.165) is 42.9 Å². The van der Waals surface area contributed by atoms with Crippen LogP contribution >= 0.6 is 0 Å². The van der Waals surface area contributed by atoms with Gasteiger partial charge in [-0.05, 0) is 37.3 Å². The number of hydrogen-bond acceptors (Lipinski definition) is 5. The molecule has 6 nitrogen and oxygen atoms in total. The number of carbonyl (C=O) groups is 1. The van der Waals surface area contributed by atoms with E-state index in [4.69, 9.17) is 9.97 Å². The van der Waals surface area contributed by atoms with Crippen molar-refractivity contribution < 1.29 is 4.79 Å². The highest BCUT2D eigenvalue weighted by Crippen LogP contribution is 2.44. The fraction of sp³-hybridized carbons (Fsp3) is 0.524. The van der Waals surface area contributed by atoms with Crippen molar-refractivity contribution >= 4 is 11.7 Å². The summed E-state index contributed by atoms with van der Waals surface area (Å²) in [6, 6.07) is 3.85. The lowest BCUT2D eigenvalue weighted by molar-refractivity contribution is -0.133. The summed E-state index contributed by atoms with van der Waals surface area (Å²) in [5.41, 5.74) is 3.10. The van der Waals surface area contributed by atoms with Crippen LogP contribution in [0.4, 0.5) is 5.82 Å². The summed E-state index contributed by atoms with van der Waals surface area (Å²) in [5.74, 6) is 2.80. The first-order valence-electron chi connectivity index (χ1n) is 9.84. The van der Waals surface area contributed by atoms with Crippen LogP contribution in [0.5, 0.6) is 0 Å². The Labute approximate surface area is 160 Å². The maximum Gasteiger partial charge on any atom is 0.226 e. The average molecular weight is 365 g/mol. The standard InChI is InChI=1S/C21H27N5O/c1-4-5-15-12-17(15)21(27)26-11-8-16-18(13-26)23-19(24-20(16)25(2)3)14-6-9-22-10-7-14/h6-7,9-10,15,17H,4-5,8,11-13H2,1-3H3/t15-,17+/m0/s1. The summed E-state index contributed by atoms with van der Waals surface area (Å²) in [5, 5.41) is 0. The molecule has 1 saturated carbocycles. The van der Waals surface area contributed by atoms with Crippen LogP contribution in [0.1, 0.15) is 37.4 Å². The summed E-state index contributed by atoms with van der Waals surface area (Å²) >= 11 is 0. The number of aromatic nitrogens is 3. The zero-order chi connectivity index (χ0) is 19.0. The molecule has 0 spiro atoms. The molecule has 6 heteroatoms. The third-order valence-corrected chi connectivity index (χ3v) is 5.62. The minimum Gasteiger partial charge on any atom is -0.362 e. The van der Waals surface area contributed by atoms with Gasteiger partial charge in [0.15, 0.2) is 5.82 Å². The van der Waals surface area contributed by atoms with Crippen molar-refractivity contribution in [2.75, 3.05) is 25.5 Å². The molecule has 2 aromatic rings. The second-order valence-corrected chi connectivity index (χ2v) is 7.83. The van der Waals surface area contributed by atoms with Crippen LogP contribution in [0.3, 0.4) is 0 Å². The minimum absolute atomic E-state index is 0.237. The van der Waals surface area contributed by atoms with Crippen molar-refractivity contribution in [1.29, 1.82) is 0 Å². The Morgan fingerprint density at radius 3 is 2.74 bits per heavy atom. The fourth-order valence-electron chi connectivity index (χ4n) is 4.07. The monoisotopic (exact) mass is 365 g/mol. The van der Waals surface area contributed by atoms with Gasteiger partial charge >= 0.3 is 0 Å². The molecule has 2 atom stereocenters. The second kappa shape index (κ2) is 7.25. The summed E-state index contributed by atoms with van der Waals surface area (Å²) in [7, 11) is 4.02. The average Bonchev–Trinajstić information content (AvgIpc) is 3.46. The molecule has 1 aliphatic carbocycles. The van der Waals surface area contributed by atoms with E-state index in [1.165, 1.54) is 12.0 Å². The number of anilines is 1. The van der Waals surface area contributed by atoms with Gasteiger partial charge in [-0.1, -0.05) is 13.3 Å². The summed E-state index contributed by atoms with van der Waals surface area (Å²) < 4.78 is 0. The van der Waals surface area contributed by atoms with Crippen molar-refractivity contribution in [3.05, 3.63) is 35.8 Å². The zero-order valence-electron chi connectivity index (χ0n) is 16.4. The molecule has 0 bridgehead atoms. The highest BCUT2D eigenvalue weighted by Gasteiger charge is 2.44. The normalized spacial score (nSPS) is 20.9. The number of carbonyl (C=O) groups excluding carboxylic acids is 1. The van der Waals surface area contributed by atoms with Crippen LogP contribution in [0.25, 0.3) is 11.4 Å². The van der Waals surface area contributed by atoms with E-state index in [-0.39, 0.29) is 5.92 Å². The van der Waals surface area contributed by atoms with Gasteiger partial charge in [0, 0.05) is 50.1 Å². The first-order chi connectivity index (χ1) is 13.1. The van der Waals surface area contributed by atoms with Gasteiger partial charge in [0.2, 0.25) is 5.91 Å². The quantitative estimate of drug-likeness (QED) is 0.815. The fourth-order valence-corrected chi connectivity index (χ4v) is 4.07. The SMILES string of the molecule is CCC[C@H]1C[C@H]1C(=O)N1CCc2c(nc(-c3ccncc3)nc2N(C)C)C1. The molecular weight excluding hydrogens is 338 g/mol. The van der Waals surface area contributed by atoms with Crippen LogP contribution < -0.4 is 4.90 Å². The third-order valence-electron chi connectivity index (χ3n) is 5.62. The molecule has 3 heterocycles. The lowest BCUT2D eigenvalue weighted by Gasteiger charge is -2.31. The van der Waals surface area contributed by atoms with Crippen molar-refractivity contribution in [2.45, 2.75) is 39.2 Å². The number of hydrogen-bond donors (Lipinski definition) is 0. The molecule has 2 aliphatic rings.